The molecular formula is C14H13ClFNOS. The molecule has 0 aliphatic heterocycles. The van der Waals surface area contributed by atoms with Gasteiger partial charge in [0.25, 0.3) is 0 Å². The largest absolute Gasteiger partial charge is 0.497 e. The molecule has 0 bridgehead atoms. The third-order valence-corrected chi connectivity index (χ3v) is 3.97. The van der Waals surface area contributed by atoms with Gasteiger partial charge >= 0.3 is 0 Å². The van der Waals surface area contributed by atoms with E-state index in [9.17, 15) is 4.39 Å². The molecule has 2 N–H and O–H groups in total. The Morgan fingerprint density at radius 3 is 2.79 bits per heavy atom. The number of methoxy groups -OCH3 is 1. The van der Waals surface area contributed by atoms with Crippen molar-refractivity contribution in [1.82, 2.24) is 0 Å². The van der Waals surface area contributed by atoms with Crippen molar-refractivity contribution in [3.05, 3.63) is 52.8 Å². The molecule has 0 heterocycles. The van der Waals surface area contributed by atoms with Crippen molar-refractivity contribution in [1.29, 1.82) is 0 Å². The third-order valence-electron chi connectivity index (χ3n) is 2.61. The van der Waals surface area contributed by atoms with Crippen molar-refractivity contribution in [3.63, 3.8) is 0 Å². The molecule has 100 valence electrons. The van der Waals surface area contributed by atoms with Crippen LogP contribution in [0.1, 0.15) is 5.56 Å². The molecule has 2 rings (SSSR count). The maximum Gasteiger partial charge on any atom is 0.127 e. The topological polar surface area (TPSA) is 35.2 Å². The molecule has 2 nitrogen and oxygen atoms in total. The van der Waals surface area contributed by atoms with E-state index in [-0.39, 0.29) is 5.82 Å². The molecule has 0 radical (unpaired) electrons. The SMILES string of the molecule is COc1ccc(N)c(SCc2cc(Cl)ccc2F)c1. The summed E-state index contributed by atoms with van der Waals surface area (Å²) in [4.78, 5) is 0.860. The summed E-state index contributed by atoms with van der Waals surface area (Å²) in [6.45, 7) is 0. The summed E-state index contributed by atoms with van der Waals surface area (Å²) >= 11 is 7.31. The van der Waals surface area contributed by atoms with Crippen LogP contribution in [-0.4, -0.2) is 7.11 Å². The predicted molar refractivity (Wildman–Crippen MR) is 78.4 cm³/mol. The van der Waals surface area contributed by atoms with Crippen molar-refractivity contribution in [2.24, 2.45) is 0 Å². The lowest BCUT2D eigenvalue weighted by atomic mass is 10.2. The van der Waals surface area contributed by atoms with Crippen molar-refractivity contribution in [2.45, 2.75) is 10.6 Å². The summed E-state index contributed by atoms with van der Waals surface area (Å²) in [7, 11) is 1.59. The number of hydrogen-bond acceptors (Lipinski definition) is 3. The van der Waals surface area contributed by atoms with Gasteiger partial charge in [0.2, 0.25) is 0 Å². The fraction of sp³-hybridized carbons (Fsp3) is 0.143. The predicted octanol–water partition coefficient (Wildman–Crippen LogP) is 4.36. The molecule has 0 amide bonds. The summed E-state index contributed by atoms with van der Waals surface area (Å²) in [5.74, 6) is 0.922. The van der Waals surface area contributed by atoms with Gasteiger partial charge in [-0.15, -0.1) is 11.8 Å². The van der Waals surface area contributed by atoms with Crippen LogP contribution >= 0.6 is 23.4 Å². The van der Waals surface area contributed by atoms with Gasteiger partial charge in [0.05, 0.1) is 7.11 Å². The standard InChI is InChI=1S/C14H13ClFNOS/c1-18-11-3-5-13(17)14(7-11)19-8-9-6-10(15)2-4-12(9)16/h2-7H,8,17H2,1H3. The zero-order valence-electron chi connectivity index (χ0n) is 10.3. The molecule has 0 unspecified atom stereocenters. The molecule has 0 aliphatic carbocycles. The molecule has 0 saturated carbocycles. The summed E-state index contributed by atoms with van der Waals surface area (Å²) in [6, 6.07) is 9.93. The Hall–Kier alpha value is -1.39. The fourth-order valence-corrected chi connectivity index (χ4v) is 2.74. The molecule has 2 aromatic carbocycles. The van der Waals surface area contributed by atoms with Gasteiger partial charge < -0.3 is 10.5 Å². The van der Waals surface area contributed by atoms with Crippen molar-refractivity contribution >= 4 is 29.1 Å². The van der Waals surface area contributed by atoms with Gasteiger partial charge in [0.1, 0.15) is 11.6 Å². The molecule has 0 aliphatic rings. The number of benzene rings is 2. The Morgan fingerprint density at radius 2 is 2.05 bits per heavy atom. The first-order valence-electron chi connectivity index (χ1n) is 5.60. The van der Waals surface area contributed by atoms with Crippen LogP contribution in [0.25, 0.3) is 0 Å². The third kappa shape index (κ3) is 3.55. The van der Waals surface area contributed by atoms with Crippen LogP contribution in [0.3, 0.4) is 0 Å². The lowest BCUT2D eigenvalue weighted by Crippen LogP contribution is -1.92. The normalized spacial score (nSPS) is 10.5. The number of thioether (sulfide) groups is 1. The van der Waals surface area contributed by atoms with Crippen LogP contribution in [-0.2, 0) is 5.75 Å². The molecule has 2 aromatic rings. The van der Waals surface area contributed by atoms with Crippen LogP contribution in [0.15, 0.2) is 41.3 Å². The number of halogens is 2. The van der Waals surface area contributed by atoms with E-state index in [1.165, 1.54) is 23.9 Å². The first-order valence-corrected chi connectivity index (χ1v) is 6.96. The Kier molecular flexibility index (Phi) is 4.56. The number of anilines is 1. The average molecular weight is 298 g/mol. The summed E-state index contributed by atoms with van der Waals surface area (Å²) in [5.41, 5.74) is 7.08. The number of hydrogen-bond donors (Lipinski definition) is 1. The highest BCUT2D eigenvalue weighted by Crippen LogP contribution is 2.32. The highest BCUT2D eigenvalue weighted by molar-refractivity contribution is 7.98. The van der Waals surface area contributed by atoms with E-state index in [4.69, 9.17) is 22.1 Å². The van der Waals surface area contributed by atoms with Crippen LogP contribution < -0.4 is 10.5 Å². The van der Waals surface area contributed by atoms with Gasteiger partial charge in [-0.05, 0) is 42.0 Å². The van der Waals surface area contributed by atoms with Crippen molar-refractivity contribution in [3.8, 4) is 5.75 Å². The van der Waals surface area contributed by atoms with Crippen molar-refractivity contribution in [2.75, 3.05) is 12.8 Å². The molecule has 0 fully saturated rings. The summed E-state index contributed by atoms with van der Waals surface area (Å²) < 4.78 is 18.7. The van der Waals surface area contributed by atoms with E-state index in [0.717, 1.165) is 10.6 Å². The number of ether oxygens (including phenoxy) is 1. The zero-order valence-corrected chi connectivity index (χ0v) is 11.9. The van der Waals surface area contributed by atoms with E-state index in [1.54, 1.807) is 25.3 Å². The number of nitrogen functional groups attached to an aromatic ring is 1. The van der Waals surface area contributed by atoms with Crippen LogP contribution in [0, 0.1) is 5.82 Å². The Balaban J connectivity index is 2.16. The molecule has 19 heavy (non-hydrogen) atoms. The van der Waals surface area contributed by atoms with E-state index < -0.39 is 0 Å². The highest BCUT2D eigenvalue weighted by Gasteiger charge is 2.07. The van der Waals surface area contributed by atoms with E-state index in [1.807, 2.05) is 6.07 Å². The zero-order chi connectivity index (χ0) is 13.8. The van der Waals surface area contributed by atoms with Gasteiger partial charge in [0.15, 0.2) is 0 Å². The second-order valence-electron chi connectivity index (χ2n) is 3.93. The van der Waals surface area contributed by atoms with E-state index >= 15 is 0 Å². The summed E-state index contributed by atoms with van der Waals surface area (Å²) in [6.07, 6.45) is 0. The van der Waals surface area contributed by atoms with E-state index in [0.29, 0.717) is 22.0 Å². The van der Waals surface area contributed by atoms with E-state index in [2.05, 4.69) is 0 Å². The highest BCUT2D eigenvalue weighted by atomic mass is 35.5. The minimum Gasteiger partial charge on any atom is -0.497 e. The quantitative estimate of drug-likeness (QED) is 0.672. The van der Waals surface area contributed by atoms with Gasteiger partial charge in [-0.3, -0.25) is 0 Å². The summed E-state index contributed by atoms with van der Waals surface area (Å²) in [5, 5.41) is 0.524. The Morgan fingerprint density at radius 1 is 1.26 bits per heavy atom. The molecule has 5 heteroatoms. The Labute approximate surface area is 120 Å². The first kappa shape index (κ1) is 14.0. The van der Waals surface area contributed by atoms with Crippen LogP contribution in [0.4, 0.5) is 10.1 Å². The monoisotopic (exact) mass is 297 g/mol. The Bertz CT molecular complexity index is 592. The average Bonchev–Trinajstić information content (AvgIpc) is 2.41. The smallest absolute Gasteiger partial charge is 0.127 e. The molecule has 0 spiro atoms. The van der Waals surface area contributed by atoms with Gasteiger partial charge in [0, 0.05) is 21.4 Å². The lowest BCUT2D eigenvalue weighted by molar-refractivity contribution is 0.414. The second-order valence-corrected chi connectivity index (χ2v) is 5.38. The van der Waals surface area contributed by atoms with Gasteiger partial charge in [-0.25, -0.2) is 4.39 Å². The number of rotatable bonds is 4. The minimum atomic E-state index is -0.265. The molecular weight excluding hydrogens is 285 g/mol. The van der Waals surface area contributed by atoms with Gasteiger partial charge in [-0.2, -0.15) is 0 Å². The van der Waals surface area contributed by atoms with Crippen LogP contribution in [0.5, 0.6) is 5.75 Å². The van der Waals surface area contributed by atoms with Gasteiger partial charge in [-0.1, -0.05) is 11.6 Å². The molecule has 0 saturated heterocycles. The molecule has 0 atom stereocenters. The minimum absolute atomic E-state index is 0.265. The maximum atomic E-state index is 13.6. The number of nitrogens with two attached hydrogens (primary N) is 1. The fourth-order valence-electron chi connectivity index (χ4n) is 1.58. The second kappa shape index (κ2) is 6.17. The molecule has 0 aromatic heterocycles. The first-order chi connectivity index (χ1) is 9.10. The lowest BCUT2D eigenvalue weighted by Gasteiger charge is -2.08. The van der Waals surface area contributed by atoms with Crippen molar-refractivity contribution < 1.29 is 9.13 Å². The maximum absolute atomic E-state index is 13.6. The van der Waals surface area contributed by atoms with Crippen LogP contribution in [0.2, 0.25) is 5.02 Å².